The van der Waals surface area contributed by atoms with E-state index in [-0.39, 0.29) is 17.5 Å². The van der Waals surface area contributed by atoms with Crippen molar-refractivity contribution in [2.45, 2.75) is 6.92 Å². The van der Waals surface area contributed by atoms with Gasteiger partial charge in [0.05, 0.1) is 11.4 Å². The lowest BCUT2D eigenvalue weighted by atomic mass is 10.2. The third-order valence-corrected chi connectivity index (χ3v) is 6.07. The van der Waals surface area contributed by atoms with Gasteiger partial charge in [0, 0.05) is 31.7 Å². The van der Waals surface area contributed by atoms with Gasteiger partial charge in [-0.15, -0.1) is 11.3 Å². The molecule has 2 heterocycles. The Morgan fingerprint density at radius 3 is 2.43 bits per heavy atom. The summed E-state index contributed by atoms with van der Waals surface area (Å²) < 4.78 is 13.1. The number of para-hydroxylation sites is 2. The molecule has 7 heteroatoms. The minimum absolute atomic E-state index is 0.0275. The predicted octanol–water partition coefficient (Wildman–Crippen LogP) is 3.93. The summed E-state index contributed by atoms with van der Waals surface area (Å²) >= 11 is 1.34. The largest absolute Gasteiger partial charge is 0.506 e. The number of carbonyl (C=O) groups excluding carboxylic acids is 1. The fourth-order valence-electron chi connectivity index (χ4n) is 3.34. The van der Waals surface area contributed by atoms with Gasteiger partial charge < -0.3 is 14.9 Å². The van der Waals surface area contributed by atoms with Crippen molar-refractivity contribution >= 4 is 22.9 Å². The number of halogens is 1. The topological polar surface area (TPSA) is 56.7 Å². The van der Waals surface area contributed by atoms with Gasteiger partial charge in [0.25, 0.3) is 5.91 Å². The lowest BCUT2D eigenvalue weighted by molar-refractivity contribution is 0.0750. The maximum Gasteiger partial charge on any atom is 0.265 e. The van der Waals surface area contributed by atoms with Crippen molar-refractivity contribution in [2.24, 2.45) is 0 Å². The molecule has 0 bridgehead atoms. The van der Waals surface area contributed by atoms with E-state index in [4.69, 9.17) is 0 Å². The van der Waals surface area contributed by atoms with Crippen LogP contribution in [0.1, 0.15) is 15.4 Å². The zero-order valence-electron chi connectivity index (χ0n) is 15.4. The number of hydrogen-bond donors (Lipinski definition) is 1. The highest BCUT2D eigenvalue weighted by Gasteiger charge is 2.26. The smallest absolute Gasteiger partial charge is 0.265 e. The Kier molecular flexibility index (Phi) is 5.00. The molecule has 0 atom stereocenters. The summed E-state index contributed by atoms with van der Waals surface area (Å²) in [4.78, 5) is 22.0. The number of benzene rings is 2. The van der Waals surface area contributed by atoms with Crippen LogP contribution < -0.4 is 4.90 Å². The molecule has 0 radical (unpaired) electrons. The predicted molar refractivity (Wildman–Crippen MR) is 108 cm³/mol. The number of phenols is 1. The number of aromatic hydroxyl groups is 1. The van der Waals surface area contributed by atoms with E-state index >= 15 is 0 Å². The molecule has 2 aromatic carbocycles. The maximum atomic E-state index is 13.1. The van der Waals surface area contributed by atoms with Crippen LogP contribution in [-0.2, 0) is 0 Å². The molecular formula is C21H20FN3O2S. The second-order valence-corrected chi connectivity index (χ2v) is 7.71. The number of hydrogen-bond acceptors (Lipinski definition) is 5. The lowest BCUT2D eigenvalue weighted by Crippen LogP contribution is -2.48. The van der Waals surface area contributed by atoms with E-state index in [9.17, 15) is 14.3 Å². The van der Waals surface area contributed by atoms with Crippen LogP contribution in [-0.4, -0.2) is 47.1 Å². The Hall–Kier alpha value is -2.93. The second-order valence-electron chi connectivity index (χ2n) is 6.71. The molecular weight excluding hydrogens is 377 g/mol. The van der Waals surface area contributed by atoms with Crippen molar-refractivity contribution in [2.75, 3.05) is 31.1 Å². The van der Waals surface area contributed by atoms with Gasteiger partial charge in [0.2, 0.25) is 0 Å². The number of nitrogens with zero attached hydrogens (tertiary/aromatic N) is 3. The van der Waals surface area contributed by atoms with Gasteiger partial charge in [0.15, 0.2) is 0 Å². The van der Waals surface area contributed by atoms with Crippen LogP contribution in [0.25, 0.3) is 10.6 Å². The fraction of sp³-hybridized carbons (Fsp3) is 0.238. The summed E-state index contributed by atoms with van der Waals surface area (Å²) in [5, 5.41) is 10.7. The molecule has 1 amide bonds. The summed E-state index contributed by atoms with van der Waals surface area (Å²) in [5.74, 6) is -0.0690. The number of amides is 1. The molecule has 0 unspecified atom stereocenters. The first-order valence-corrected chi connectivity index (χ1v) is 9.90. The summed E-state index contributed by atoms with van der Waals surface area (Å²) in [6, 6.07) is 13.4. The molecule has 5 nitrogen and oxygen atoms in total. The summed E-state index contributed by atoms with van der Waals surface area (Å²) in [6.45, 7) is 4.31. The van der Waals surface area contributed by atoms with Crippen LogP contribution >= 0.6 is 11.3 Å². The average molecular weight is 397 g/mol. The van der Waals surface area contributed by atoms with Gasteiger partial charge in [-0.25, -0.2) is 9.37 Å². The minimum Gasteiger partial charge on any atom is -0.506 e. The number of thiazole rings is 1. The monoisotopic (exact) mass is 397 g/mol. The number of aryl methyl sites for hydroxylation is 1. The van der Waals surface area contributed by atoms with E-state index in [1.165, 1.54) is 23.5 Å². The van der Waals surface area contributed by atoms with Gasteiger partial charge >= 0.3 is 0 Å². The van der Waals surface area contributed by atoms with Crippen molar-refractivity contribution in [1.82, 2.24) is 9.88 Å². The highest BCUT2D eigenvalue weighted by molar-refractivity contribution is 7.17. The first kappa shape index (κ1) is 18.4. The van der Waals surface area contributed by atoms with Crippen molar-refractivity contribution < 1.29 is 14.3 Å². The van der Waals surface area contributed by atoms with Crippen molar-refractivity contribution in [3.05, 3.63) is 64.9 Å². The second kappa shape index (κ2) is 7.59. The average Bonchev–Trinajstić information content (AvgIpc) is 3.10. The summed E-state index contributed by atoms with van der Waals surface area (Å²) in [7, 11) is 0. The molecule has 28 heavy (non-hydrogen) atoms. The van der Waals surface area contributed by atoms with E-state index in [1.54, 1.807) is 24.3 Å². The Balaban J connectivity index is 1.47. The van der Waals surface area contributed by atoms with Crippen LogP contribution in [0.3, 0.4) is 0 Å². The molecule has 1 fully saturated rings. The SMILES string of the molecule is Cc1nc(-c2ccc(F)cc2)sc1C(=O)N1CCN(c2ccccc2O)CC1. The normalized spacial score (nSPS) is 14.4. The highest BCUT2D eigenvalue weighted by Crippen LogP contribution is 2.30. The molecule has 0 saturated carbocycles. The van der Waals surface area contributed by atoms with Crippen LogP contribution in [0.15, 0.2) is 48.5 Å². The van der Waals surface area contributed by atoms with Crippen molar-refractivity contribution in [3.8, 4) is 16.3 Å². The molecule has 0 aliphatic carbocycles. The van der Waals surface area contributed by atoms with Gasteiger partial charge in [-0.05, 0) is 43.3 Å². The first-order chi connectivity index (χ1) is 13.5. The summed E-state index contributed by atoms with van der Waals surface area (Å²) in [5.41, 5.74) is 2.29. The van der Waals surface area contributed by atoms with E-state index in [1.807, 2.05) is 24.0 Å². The number of phenolic OH excluding ortho intramolecular Hbond substituents is 1. The fourth-order valence-corrected chi connectivity index (χ4v) is 4.38. The molecule has 1 saturated heterocycles. The van der Waals surface area contributed by atoms with Gasteiger partial charge in [-0.3, -0.25) is 4.79 Å². The Morgan fingerprint density at radius 2 is 1.75 bits per heavy atom. The van der Waals surface area contributed by atoms with Crippen molar-refractivity contribution in [1.29, 1.82) is 0 Å². The van der Waals surface area contributed by atoms with Crippen LogP contribution in [0.2, 0.25) is 0 Å². The number of anilines is 1. The zero-order chi connectivity index (χ0) is 19.7. The molecule has 4 rings (SSSR count). The van der Waals surface area contributed by atoms with Crippen LogP contribution in [0.4, 0.5) is 10.1 Å². The molecule has 1 aromatic heterocycles. The van der Waals surface area contributed by atoms with E-state index in [2.05, 4.69) is 9.88 Å². The highest BCUT2D eigenvalue weighted by atomic mass is 32.1. The maximum absolute atomic E-state index is 13.1. The molecule has 1 N–H and O–H groups in total. The first-order valence-electron chi connectivity index (χ1n) is 9.08. The molecule has 3 aromatic rings. The van der Waals surface area contributed by atoms with Crippen molar-refractivity contribution in [3.63, 3.8) is 0 Å². The Morgan fingerprint density at radius 1 is 1.07 bits per heavy atom. The third kappa shape index (κ3) is 3.57. The standard InChI is InChI=1S/C21H20FN3O2S/c1-14-19(28-20(23-14)15-6-8-16(22)9-7-15)21(27)25-12-10-24(11-13-25)17-4-2-3-5-18(17)26/h2-9,26H,10-13H2,1H3. The van der Waals surface area contributed by atoms with Crippen LogP contribution in [0.5, 0.6) is 5.75 Å². The van der Waals surface area contributed by atoms with E-state index in [0.717, 1.165) is 11.3 Å². The van der Waals surface area contributed by atoms with Gasteiger partial charge in [-0.1, -0.05) is 12.1 Å². The Bertz CT molecular complexity index is 995. The molecule has 0 spiro atoms. The van der Waals surface area contributed by atoms with E-state index < -0.39 is 0 Å². The Labute approximate surface area is 166 Å². The zero-order valence-corrected chi connectivity index (χ0v) is 16.2. The van der Waals surface area contributed by atoms with Gasteiger partial charge in [0.1, 0.15) is 21.5 Å². The number of piperazine rings is 1. The van der Waals surface area contributed by atoms with E-state index in [0.29, 0.717) is 41.8 Å². The molecule has 1 aliphatic heterocycles. The number of carbonyl (C=O) groups is 1. The quantitative estimate of drug-likeness (QED) is 0.728. The number of rotatable bonds is 3. The molecule has 144 valence electrons. The summed E-state index contributed by atoms with van der Waals surface area (Å²) in [6.07, 6.45) is 0. The van der Waals surface area contributed by atoms with Gasteiger partial charge in [-0.2, -0.15) is 0 Å². The lowest BCUT2D eigenvalue weighted by Gasteiger charge is -2.36. The number of aromatic nitrogens is 1. The van der Waals surface area contributed by atoms with Crippen LogP contribution in [0, 0.1) is 12.7 Å². The minimum atomic E-state index is -0.296. The molecule has 1 aliphatic rings. The third-order valence-electron chi connectivity index (χ3n) is 4.87.